The molecule has 0 radical (unpaired) electrons. The lowest BCUT2D eigenvalue weighted by atomic mass is 10.3. The van der Waals surface area contributed by atoms with Crippen molar-refractivity contribution in [3.8, 4) is 0 Å². The number of aryl methyl sites for hydroxylation is 1. The summed E-state index contributed by atoms with van der Waals surface area (Å²) in [5.74, 6) is 0.164. The molecule has 2 heterocycles. The highest BCUT2D eigenvalue weighted by atomic mass is 16.5. The highest BCUT2D eigenvalue weighted by molar-refractivity contribution is 5.89. The Labute approximate surface area is 111 Å². The molecule has 102 valence electrons. The zero-order valence-corrected chi connectivity index (χ0v) is 11.2. The van der Waals surface area contributed by atoms with Gasteiger partial charge in [0.1, 0.15) is 12.0 Å². The molecule has 0 spiro atoms. The second-order valence-electron chi connectivity index (χ2n) is 4.54. The summed E-state index contributed by atoms with van der Waals surface area (Å²) >= 11 is 0. The number of carbonyl (C=O) groups is 1. The summed E-state index contributed by atoms with van der Waals surface area (Å²) in [6, 6.07) is 1.74. The van der Waals surface area contributed by atoms with Gasteiger partial charge in [-0.1, -0.05) is 0 Å². The van der Waals surface area contributed by atoms with E-state index in [0.29, 0.717) is 17.2 Å². The molecule has 7 heteroatoms. The Morgan fingerprint density at radius 3 is 2.84 bits per heavy atom. The van der Waals surface area contributed by atoms with Crippen LogP contribution in [0.25, 0.3) is 0 Å². The van der Waals surface area contributed by atoms with E-state index in [2.05, 4.69) is 10.1 Å². The zero-order chi connectivity index (χ0) is 14.0. The van der Waals surface area contributed by atoms with Gasteiger partial charge in [0.15, 0.2) is 12.4 Å². The molecule has 0 fully saturated rings. The second kappa shape index (κ2) is 5.13. The van der Waals surface area contributed by atoms with Crippen molar-refractivity contribution in [2.24, 2.45) is 7.05 Å². The minimum absolute atomic E-state index is 0.0819. The van der Waals surface area contributed by atoms with E-state index in [1.54, 1.807) is 28.6 Å². The number of nitrogens with two attached hydrogens (primary N) is 1. The highest BCUT2D eigenvalue weighted by Gasteiger charge is 2.17. The lowest BCUT2D eigenvalue weighted by molar-refractivity contribution is 0.0444. The maximum atomic E-state index is 12.0. The fourth-order valence-electron chi connectivity index (χ4n) is 1.75. The summed E-state index contributed by atoms with van der Waals surface area (Å²) < 4.78 is 8.56. The number of hydrogen-bond acceptors (Lipinski definition) is 5. The summed E-state index contributed by atoms with van der Waals surface area (Å²) in [6.45, 7) is 4.02. The molecule has 0 saturated heterocycles. The molecular formula is C12H17N5O2. The molecule has 7 nitrogen and oxygen atoms in total. The molecule has 0 unspecified atom stereocenters. The van der Waals surface area contributed by atoms with Crippen LogP contribution < -0.4 is 5.73 Å². The van der Waals surface area contributed by atoms with Crippen molar-refractivity contribution in [2.45, 2.75) is 26.5 Å². The van der Waals surface area contributed by atoms with Crippen LogP contribution in [0, 0.1) is 0 Å². The maximum Gasteiger partial charge on any atom is 0.355 e. The van der Waals surface area contributed by atoms with Gasteiger partial charge in [-0.15, -0.1) is 0 Å². The quantitative estimate of drug-likeness (QED) is 0.835. The van der Waals surface area contributed by atoms with Gasteiger partial charge in [-0.25, -0.2) is 9.78 Å². The predicted octanol–water partition coefficient (Wildman–Crippen LogP) is 1.14. The van der Waals surface area contributed by atoms with E-state index in [1.165, 1.54) is 6.33 Å². The Bertz CT molecular complexity index is 585. The minimum atomic E-state index is -0.423. The molecule has 2 N–H and O–H groups in total. The molecule has 2 rings (SSSR count). The van der Waals surface area contributed by atoms with E-state index >= 15 is 0 Å². The van der Waals surface area contributed by atoms with Gasteiger partial charge >= 0.3 is 5.97 Å². The van der Waals surface area contributed by atoms with Crippen LogP contribution in [0.5, 0.6) is 0 Å². The normalized spacial score (nSPS) is 10.9. The Hall–Kier alpha value is -2.31. The van der Waals surface area contributed by atoms with Crippen molar-refractivity contribution in [1.82, 2.24) is 19.3 Å². The Kier molecular flexibility index (Phi) is 3.55. The molecule has 0 bridgehead atoms. The molecule has 0 aliphatic rings. The number of ether oxygens (including phenoxy) is 1. The molecule has 0 amide bonds. The van der Waals surface area contributed by atoms with Crippen LogP contribution in [-0.2, 0) is 18.4 Å². The summed E-state index contributed by atoms with van der Waals surface area (Å²) in [5, 5.41) is 3.91. The molecule has 2 aromatic heterocycles. The topological polar surface area (TPSA) is 88.0 Å². The van der Waals surface area contributed by atoms with Crippen LogP contribution in [-0.4, -0.2) is 25.3 Å². The lowest BCUT2D eigenvalue weighted by Gasteiger charge is -2.11. The standard InChI is InChI=1S/C12H17N5O2/c1-8(2)17-5-9(13)4-10(17)12(18)19-6-11-14-7-15-16(11)3/h4-5,7-8H,6,13H2,1-3H3. The number of esters is 1. The molecule has 2 aromatic rings. The smallest absolute Gasteiger partial charge is 0.355 e. The van der Waals surface area contributed by atoms with E-state index in [-0.39, 0.29) is 12.6 Å². The summed E-state index contributed by atoms with van der Waals surface area (Å²) in [4.78, 5) is 16.0. The van der Waals surface area contributed by atoms with E-state index in [1.807, 2.05) is 13.8 Å². The summed E-state index contributed by atoms with van der Waals surface area (Å²) in [6.07, 6.45) is 3.14. The van der Waals surface area contributed by atoms with Crippen molar-refractivity contribution in [3.05, 3.63) is 30.1 Å². The predicted molar refractivity (Wildman–Crippen MR) is 69.4 cm³/mol. The minimum Gasteiger partial charge on any atom is -0.453 e. The Morgan fingerprint density at radius 2 is 2.26 bits per heavy atom. The van der Waals surface area contributed by atoms with E-state index in [9.17, 15) is 4.79 Å². The molecule has 19 heavy (non-hydrogen) atoms. The number of nitrogens with zero attached hydrogens (tertiary/aromatic N) is 4. The van der Waals surface area contributed by atoms with Gasteiger partial charge in [0, 0.05) is 19.3 Å². The fraction of sp³-hybridized carbons (Fsp3) is 0.417. The lowest BCUT2D eigenvalue weighted by Crippen LogP contribution is -2.14. The molecule has 0 saturated carbocycles. The Balaban J connectivity index is 2.10. The number of hydrogen-bond donors (Lipinski definition) is 1. The van der Waals surface area contributed by atoms with Gasteiger partial charge in [0.25, 0.3) is 0 Å². The molecule has 0 aliphatic heterocycles. The maximum absolute atomic E-state index is 12.0. The van der Waals surface area contributed by atoms with Gasteiger partial charge in [-0.05, 0) is 19.9 Å². The Morgan fingerprint density at radius 1 is 1.53 bits per heavy atom. The first kappa shape index (κ1) is 13.1. The number of nitrogen functional groups attached to an aromatic ring is 1. The van der Waals surface area contributed by atoms with Gasteiger partial charge in [0.2, 0.25) is 0 Å². The molecule has 0 aliphatic carbocycles. The van der Waals surface area contributed by atoms with Gasteiger partial charge in [-0.2, -0.15) is 5.10 Å². The SMILES string of the molecule is CC(C)n1cc(N)cc1C(=O)OCc1ncnn1C. The number of rotatable bonds is 4. The van der Waals surface area contributed by atoms with Crippen molar-refractivity contribution >= 4 is 11.7 Å². The van der Waals surface area contributed by atoms with Crippen molar-refractivity contribution in [2.75, 3.05) is 5.73 Å². The monoisotopic (exact) mass is 263 g/mol. The average molecular weight is 263 g/mol. The van der Waals surface area contributed by atoms with E-state index < -0.39 is 5.97 Å². The van der Waals surface area contributed by atoms with Gasteiger partial charge < -0.3 is 15.0 Å². The summed E-state index contributed by atoms with van der Waals surface area (Å²) in [7, 11) is 1.74. The van der Waals surface area contributed by atoms with Crippen LogP contribution in [0.4, 0.5) is 5.69 Å². The third-order valence-electron chi connectivity index (χ3n) is 2.77. The summed E-state index contributed by atoms with van der Waals surface area (Å²) in [5.41, 5.74) is 6.70. The van der Waals surface area contributed by atoms with Crippen LogP contribution in [0.3, 0.4) is 0 Å². The zero-order valence-electron chi connectivity index (χ0n) is 11.2. The second-order valence-corrected chi connectivity index (χ2v) is 4.54. The third kappa shape index (κ3) is 2.75. The number of carbonyl (C=O) groups excluding carboxylic acids is 1. The van der Waals surface area contributed by atoms with E-state index in [0.717, 1.165) is 0 Å². The van der Waals surface area contributed by atoms with Crippen LogP contribution >= 0.6 is 0 Å². The third-order valence-corrected chi connectivity index (χ3v) is 2.77. The van der Waals surface area contributed by atoms with Crippen LogP contribution in [0.15, 0.2) is 18.6 Å². The fourth-order valence-corrected chi connectivity index (χ4v) is 1.75. The molecule has 0 atom stereocenters. The molecule has 0 aromatic carbocycles. The van der Waals surface area contributed by atoms with Gasteiger partial charge in [-0.3, -0.25) is 4.68 Å². The highest BCUT2D eigenvalue weighted by Crippen LogP contribution is 2.17. The van der Waals surface area contributed by atoms with Gasteiger partial charge in [0.05, 0.1) is 5.69 Å². The number of anilines is 1. The van der Waals surface area contributed by atoms with Crippen LogP contribution in [0.1, 0.15) is 36.2 Å². The average Bonchev–Trinajstić information content (AvgIpc) is 2.92. The first-order chi connectivity index (χ1) is 8.99. The van der Waals surface area contributed by atoms with E-state index in [4.69, 9.17) is 10.5 Å². The van der Waals surface area contributed by atoms with Crippen molar-refractivity contribution in [1.29, 1.82) is 0 Å². The largest absolute Gasteiger partial charge is 0.453 e. The number of aromatic nitrogens is 4. The van der Waals surface area contributed by atoms with Crippen molar-refractivity contribution < 1.29 is 9.53 Å². The molecular weight excluding hydrogens is 246 g/mol. The first-order valence-electron chi connectivity index (χ1n) is 5.96. The first-order valence-corrected chi connectivity index (χ1v) is 5.96. The van der Waals surface area contributed by atoms with Crippen molar-refractivity contribution in [3.63, 3.8) is 0 Å². The van der Waals surface area contributed by atoms with Crippen LogP contribution in [0.2, 0.25) is 0 Å².